The summed E-state index contributed by atoms with van der Waals surface area (Å²) in [5.74, 6) is 0.599. The van der Waals surface area contributed by atoms with E-state index in [0.29, 0.717) is 18.7 Å². The Kier molecular flexibility index (Phi) is 3.25. The lowest BCUT2D eigenvalue weighted by atomic mass is 9.86. The summed E-state index contributed by atoms with van der Waals surface area (Å²) in [6.45, 7) is 2.28. The maximum absolute atomic E-state index is 13.4. The van der Waals surface area contributed by atoms with E-state index in [4.69, 9.17) is 0 Å². The maximum Gasteiger partial charge on any atom is 0.227 e. The summed E-state index contributed by atoms with van der Waals surface area (Å²) in [4.78, 5) is 24.8. The molecule has 3 heterocycles. The zero-order chi connectivity index (χ0) is 15.9. The van der Waals surface area contributed by atoms with Crippen LogP contribution in [0.4, 0.5) is 15.9 Å². The third kappa shape index (κ3) is 2.54. The number of carbonyl (C=O) groups is 1. The van der Waals surface area contributed by atoms with E-state index in [9.17, 15) is 9.18 Å². The normalized spacial score (nSPS) is 24.0. The molecule has 4 rings (SSSR count). The molecule has 0 unspecified atom stereocenters. The van der Waals surface area contributed by atoms with Gasteiger partial charge in [-0.05, 0) is 24.6 Å². The van der Waals surface area contributed by atoms with Crippen molar-refractivity contribution in [2.24, 2.45) is 5.41 Å². The fourth-order valence-corrected chi connectivity index (χ4v) is 3.63. The third-order valence-electron chi connectivity index (χ3n) is 4.75. The van der Waals surface area contributed by atoms with Crippen LogP contribution >= 0.6 is 0 Å². The number of anilines is 2. The van der Waals surface area contributed by atoms with E-state index >= 15 is 0 Å². The van der Waals surface area contributed by atoms with Crippen molar-refractivity contribution in [3.05, 3.63) is 48.7 Å². The summed E-state index contributed by atoms with van der Waals surface area (Å²) in [6.07, 6.45) is 6.51. The molecule has 0 saturated carbocycles. The average molecular weight is 312 g/mol. The molecule has 118 valence electrons. The number of hydrogen-bond acceptors (Lipinski definition) is 4. The second-order valence-electron chi connectivity index (χ2n) is 6.37. The van der Waals surface area contributed by atoms with Crippen molar-refractivity contribution >= 4 is 17.4 Å². The van der Waals surface area contributed by atoms with Crippen molar-refractivity contribution in [3.63, 3.8) is 0 Å². The van der Waals surface area contributed by atoms with E-state index in [2.05, 4.69) is 14.9 Å². The third-order valence-corrected chi connectivity index (χ3v) is 4.75. The quantitative estimate of drug-likeness (QED) is 0.853. The molecule has 0 radical (unpaired) electrons. The Bertz CT molecular complexity index is 738. The summed E-state index contributed by atoms with van der Waals surface area (Å²) >= 11 is 0. The molecule has 1 spiro atoms. The van der Waals surface area contributed by atoms with Crippen molar-refractivity contribution < 1.29 is 9.18 Å². The lowest BCUT2D eigenvalue weighted by Gasteiger charge is -2.24. The summed E-state index contributed by atoms with van der Waals surface area (Å²) in [5, 5.41) is 0. The van der Waals surface area contributed by atoms with Crippen LogP contribution in [0.2, 0.25) is 0 Å². The van der Waals surface area contributed by atoms with Gasteiger partial charge in [0.05, 0.1) is 6.20 Å². The zero-order valence-corrected chi connectivity index (χ0v) is 12.7. The van der Waals surface area contributed by atoms with Gasteiger partial charge in [0.15, 0.2) is 0 Å². The number of benzene rings is 1. The first-order valence-corrected chi connectivity index (χ1v) is 7.72. The molecule has 0 aliphatic carbocycles. The van der Waals surface area contributed by atoms with Crippen LogP contribution in [0.1, 0.15) is 12.8 Å². The fourth-order valence-electron chi connectivity index (χ4n) is 3.63. The highest BCUT2D eigenvalue weighted by Crippen LogP contribution is 2.42. The van der Waals surface area contributed by atoms with Gasteiger partial charge < -0.3 is 9.80 Å². The molecule has 5 nitrogen and oxygen atoms in total. The van der Waals surface area contributed by atoms with Gasteiger partial charge in [-0.25, -0.2) is 9.37 Å². The molecule has 23 heavy (non-hydrogen) atoms. The van der Waals surface area contributed by atoms with Crippen molar-refractivity contribution in [3.8, 4) is 0 Å². The molecule has 1 atom stereocenters. The SMILES string of the molecule is O=C1C[C@@]2(CCN(c3cnccn3)C2)CN1c1cccc(F)c1. The minimum atomic E-state index is -0.316. The summed E-state index contributed by atoms with van der Waals surface area (Å²) in [7, 11) is 0. The number of rotatable bonds is 2. The van der Waals surface area contributed by atoms with Gasteiger partial charge in [0, 0.05) is 49.6 Å². The van der Waals surface area contributed by atoms with Crippen LogP contribution in [0, 0.1) is 11.2 Å². The Labute approximate surface area is 133 Å². The van der Waals surface area contributed by atoms with E-state index < -0.39 is 0 Å². The summed E-state index contributed by atoms with van der Waals surface area (Å²) < 4.78 is 13.4. The first-order chi connectivity index (χ1) is 11.2. The van der Waals surface area contributed by atoms with Gasteiger partial charge in [0.1, 0.15) is 11.6 Å². The average Bonchev–Trinajstić information content (AvgIpc) is 3.12. The van der Waals surface area contributed by atoms with Crippen molar-refractivity contribution in [1.82, 2.24) is 9.97 Å². The smallest absolute Gasteiger partial charge is 0.227 e. The van der Waals surface area contributed by atoms with E-state index in [1.54, 1.807) is 35.6 Å². The molecule has 2 saturated heterocycles. The maximum atomic E-state index is 13.4. The van der Waals surface area contributed by atoms with E-state index in [1.165, 1.54) is 12.1 Å². The first-order valence-electron chi connectivity index (χ1n) is 7.72. The van der Waals surface area contributed by atoms with Gasteiger partial charge >= 0.3 is 0 Å². The molecular weight excluding hydrogens is 295 g/mol. The molecule has 1 aromatic carbocycles. The van der Waals surface area contributed by atoms with Crippen LogP contribution in [0.3, 0.4) is 0 Å². The molecule has 1 aromatic heterocycles. The molecule has 2 aliphatic rings. The van der Waals surface area contributed by atoms with Crippen molar-refractivity contribution in [1.29, 1.82) is 0 Å². The molecule has 2 fully saturated rings. The standard InChI is InChI=1S/C17H17FN4O/c18-13-2-1-3-14(8-13)22-12-17(9-16(22)23)4-7-21(11-17)15-10-19-5-6-20-15/h1-3,5-6,8,10H,4,7,9,11-12H2/t17-/m1/s1. The first kappa shape index (κ1) is 14.1. The predicted octanol–water partition coefficient (Wildman–Crippen LogP) is 2.25. The highest BCUT2D eigenvalue weighted by molar-refractivity contribution is 5.96. The number of aromatic nitrogens is 2. The second-order valence-corrected chi connectivity index (χ2v) is 6.37. The number of amides is 1. The Morgan fingerprint density at radius 2 is 2.13 bits per heavy atom. The summed E-state index contributed by atoms with van der Waals surface area (Å²) in [5.41, 5.74) is 0.561. The molecule has 0 N–H and O–H groups in total. The van der Waals surface area contributed by atoms with E-state index in [-0.39, 0.29) is 17.1 Å². The van der Waals surface area contributed by atoms with Crippen LogP contribution < -0.4 is 9.80 Å². The minimum absolute atomic E-state index is 0.0663. The fraction of sp³-hybridized carbons (Fsp3) is 0.353. The highest BCUT2D eigenvalue weighted by Gasteiger charge is 2.48. The summed E-state index contributed by atoms with van der Waals surface area (Å²) in [6, 6.07) is 6.25. The van der Waals surface area contributed by atoms with Crippen LogP contribution in [-0.4, -0.2) is 35.5 Å². The van der Waals surface area contributed by atoms with Crippen LogP contribution in [0.5, 0.6) is 0 Å². The van der Waals surface area contributed by atoms with Gasteiger partial charge in [-0.2, -0.15) is 0 Å². The second kappa shape index (κ2) is 5.30. The number of nitrogens with zero attached hydrogens (tertiary/aromatic N) is 4. The van der Waals surface area contributed by atoms with Crippen LogP contribution in [0.25, 0.3) is 0 Å². The number of hydrogen-bond donors (Lipinski definition) is 0. The Hall–Kier alpha value is -2.50. The molecular formula is C17H17FN4O. The Balaban J connectivity index is 1.54. The van der Waals surface area contributed by atoms with Crippen LogP contribution in [0.15, 0.2) is 42.9 Å². The minimum Gasteiger partial charge on any atom is -0.355 e. The Morgan fingerprint density at radius 3 is 2.91 bits per heavy atom. The molecule has 6 heteroatoms. The zero-order valence-electron chi connectivity index (χ0n) is 12.7. The molecule has 2 aliphatic heterocycles. The lowest BCUT2D eigenvalue weighted by molar-refractivity contribution is -0.117. The molecule has 0 bridgehead atoms. The topological polar surface area (TPSA) is 49.3 Å². The van der Waals surface area contributed by atoms with Crippen LogP contribution in [-0.2, 0) is 4.79 Å². The predicted molar refractivity (Wildman–Crippen MR) is 84.7 cm³/mol. The van der Waals surface area contributed by atoms with Gasteiger partial charge in [-0.1, -0.05) is 6.07 Å². The highest BCUT2D eigenvalue weighted by atomic mass is 19.1. The van der Waals surface area contributed by atoms with E-state index in [0.717, 1.165) is 25.3 Å². The van der Waals surface area contributed by atoms with Crippen molar-refractivity contribution in [2.75, 3.05) is 29.4 Å². The van der Waals surface area contributed by atoms with Gasteiger partial charge in [-0.15, -0.1) is 0 Å². The lowest BCUT2D eigenvalue weighted by Crippen LogP contribution is -2.31. The monoisotopic (exact) mass is 312 g/mol. The largest absolute Gasteiger partial charge is 0.355 e. The molecule has 1 amide bonds. The number of halogens is 1. The van der Waals surface area contributed by atoms with Crippen molar-refractivity contribution in [2.45, 2.75) is 12.8 Å². The van der Waals surface area contributed by atoms with Gasteiger partial charge in [-0.3, -0.25) is 9.78 Å². The Morgan fingerprint density at radius 1 is 1.22 bits per heavy atom. The number of carbonyl (C=O) groups excluding carboxylic acids is 1. The molecule has 2 aromatic rings. The van der Waals surface area contributed by atoms with E-state index in [1.807, 2.05) is 0 Å². The van der Waals surface area contributed by atoms with Gasteiger partial charge in [0.2, 0.25) is 5.91 Å². The van der Waals surface area contributed by atoms with Gasteiger partial charge in [0.25, 0.3) is 0 Å².